The zero-order valence-electron chi connectivity index (χ0n) is 14.3. The molecule has 1 aromatic carbocycles. The molecule has 4 aromatic rings. The van der Waals surface area contributed by atoms with Crippen LogP contribution in [0, 0.1) is 0 Å². The number of anilines is 1. The van der Waals surface area contributed by atoms with Crippen molar-refractivity contribution >= 4 is 86.3 Å². The number of amides is 1. The number of methoxy groups -OCH3 is 1. The molecule has 1 amide bonds. The number of aromatic nitrogens is 3. The summed E-state index contributed by atoms with van der Waals surface area (Å²) in [5.74, 6) is 0.0832. The van der Waals surface area contributed by atoms with E-state index in [1.165, 1.54) is 31.9 Å². The summed E-state index contributed by atoms with van der Waals surface area (Å²) in [7, 11) is 1.52. The van der Waals surface area contributed by atoms with Crippen LogP contribution in [0.15, 0.2) is 41.3 Å². The van der Waals surface area contributed by atoms with Gasteiger partial charge in [0, 0.05) is 47.3 Å². The van der Waals surface area contributed by atoms with E-state index in [0.29, 0.717) is 33.3 Å². The number of halogens is 2. The van der Waals surface area contributed by atoms with Gasteiger partial charge in [-0.2, -0.15) is 10.2 Å². The molecule has 0 unspecified atom stereocenters. The molecule has 0 atom stereocenters. The maximum Gasteiger partial charge on any atom is 0.256 e. The van der Waals surface area contributed by atoms with Crippen LogP contribution in [0.2, 0.25) is 10.0 Å². The van der Waals surface area contributed by atoms with Crippen molar-refractivity contribution in [1.82, 2.24) is 15.2 Å². The predicted molar refractivity (Wildman–Crippen MR) is 104 cm³/mol. The van der Waals surface area contributed by atoms with E-state index in [9.17, 15) is 4.79 Å². The van der Waals surface area contributed by atoms with Gasteiger partial charge in [-0.1, -0.05) is 23.2 Å². The van der Waals surface area contributed by atoms with E-state index >= 15 is 0 Å². The van der Waals surface area contributed by atoms with Crippen molar-refractivity contribution in [3.05, 3.63) is 52.5 Å². The molecular weight excluding hydrogens is 402 g/mol. The molecule has 0 fully saturated rings. The molecular formula is C17H10Cl2N4NaO3. The SMILES string of the molecule is COc1ccc(C(=O)Nc2c(Cl)cncc2Cl)c2c1oc1cnncc12.[Na]. The molecule has 7 nitrogen and oxygen atoms in total. The Labute approximate surface area is 185 Å². The quantitative estimate of drug-likeness (QED) is 0.513. The fraction of sp³-hybridized carbons (Fsp3) is 0.0588. The van der Waals surface area contributed by atoms with Gasteiger partial charge in [0.2, 0.25) is 0 Å². The Bertz CT molecular complexity index is 1150. The first-order chi connectivity index (χ1) is 12.6. The third-order valence-corrected chi connectivity index (χ3v) is 4.43. The molecule has 0 aliphatic carbocycles. The van der Waals surface area contributed by atoms with Crippen LogP contribution in [0.5, 0.6) is 5.75 Å². The Kier molecular flexibility index (Phi) is 5.88. The van der Waals surface area contributed by atoms with Crippen LogP contribution in [0.25, 0.3) is 21.9 Å². The number of nitrogens with zero attached hydrogens (tertiary/aromatic N) is 3. The first-order valence-corrected chi connectivity index (χ1v) is 8.16. The van der Waals surface area contributed by atoms with Crippen molar-refractivity contribution < 1.29 is 13.9 Å². The smallest absolute Gasteiger partial charge is 0.256 e. The summed E-state index contributed by atoms with van der Waals surface area (Å²) in [4.78, 5) is 16.8. The van der Waals surface area contributed by atoms with Gasteiger partial charge < -0.3 is 14.5 Å². The van der Waals surface area contributed by atoms with Crippen LogP contribution in [0.3, 0.4) is 0 Å². The summed E-state index contributed by atoms with van der Waals surface area (Å²) in [6.45, 7) is 0. The Hall–Kier alpha value is -1.90. The van der Waals surface area contributed by atoms with E-state index in [2.05, 4.69) is 20.5 Å². The Morgan fingerprint density at radius 1 is 1.11 bits per heavy atom. The Morgan fingerprint density at radius 2 is 1.81 bits per heavy atom. The standard InChI is InChI=1S/C17H10Cl2N4O3.Na/c1-25-12-3-2-8(14-9-4-21-22-7-13(9)26-16(12)14)17(24)23-15-10(18)5-20-6-11(15)19;/h2-7H,1H3,(H,20,23,24);. The normalized spacial score (nSPS) is 10.6. The topological polar surface area (TPSA) is 90.1 Å². The van der Waals surface area contributed by atoms with Gasteiger partial charge in [0.15, 0.2) is 16.9 Å². The summed E-state index contributed by atoms with van der Waals surface area (Å²) in [6.07, 6.45) is 5.81. The number of nitrogens with one attached hydrogen (secondary N) is 1. The van der Waals surface area contributed by atoms with Crippen LogP contribution in [0.4, 0.5) is 5.69 Å². The van der Waals surface area contributed by atoms with Gasteiger partial charge in [-0.25, -0.2) is 0 Å². The number of hydrogen-bond acceptors (Lipinski definition) is 6. The first kappa shape index (κ1) is 19.9. The number of furan rings is 1. The molecule has 0 aliphatic heterocycles. The van der Waals surface area contributed by atoms with E-state index in [4.69, 9.17) is 32.4 Å². The van der Waals surface area contributed by atoms with Crippen molar-refractivity contribution in [3.63, 3.8) is 0 Å². The molecule has 10 heteroatoms. The van der Waals surface area contributed by atoms with E-state index in [1.54, 1.807) is 12.1 Å². The van der Waals surface area contributed by atoms with E-state index < -0.39 is 5.91 Å². The third-order valence-electron chi connectivity index (χ3n) is 3.85. The second kappa shape index (κ2) is 8.00. The molecule has 0 saturated heterocycles. The number of carbonyl (C=O) groups excluding carboxylic acids is 1. The minimum Gasteiger partial charge on any atom is -0.493 e. The van der Waals surface area contributed by atoms with Crippen LogP contribution in [-0.2, 0) is 0 Å². The minimum atomic E-state index is -0.410. The second-order valence-corrected chi connectivity index (χ2v) is 6.14. The molecule has 3 aromatic heterocycles. The van der Waals surface area contributed by atoms with Gasteiger partial charge in [0.05, 0.1) is 46.2 Å². The van der Waals surface area contributed by atoms with Crippen molar-refractivity contribution in [2.24, 2.45) is 0 Å². The molecule has 0 saturated carbocycles. The van der Waals surface area contributed by atoms with Gasteiger partial charge in [-0.3, -0.25) is 9.78 Å². The van der Waals surface area contributed by atoms with Gasteiger partial charge in [-0.05, 0) is 12.1 Å². The van der Waals surface area contributed by atoms with Gasteiger partial charge in [-0.15, -0.1) is 0 Å². The Morgan fingerprint density at radius 3 is 2.52 bits per heavy atom. The van der Waals surface area contributed by atoms with Gasteiger partial charge in [0.1, 0.15) is 0 Å². The fourth-order valence-electron chi connectivity index (χ4n) is 2.68. The van der Waals surface area contributed by atoms with Gasteiger partial charge >= 0.3 is 0 Å². The minimum absolute atomic E-state index is 0. The molecule has 131 valence electrons. The van der Waals surface area contributed by atoms with Crippen LogP contribution in [-0.4, -0.2) is 57.8 Å². The van der Waals surface area contributed by atoms with Crippen LogP contribution >= 0.6 is 23.2 Å². The van der Waals surface area contributed by atoms with Crippen LogP contribution < -0.4 is 10.1 Å². The van der Waals surface area contributed by atoms with Crippen molar-refractivity contribution in [3.8, 4) is 5.75 Å². The molecule has 3 heterocycles. The molecule has 1 N–H and O–H groups in total. The molecule has 0 aliphatic rings. The number of ether oxygens (including phenoxy) is 1. The summed E-state index contributed by atoms with van der Waals surface area (Å²) in [6, 6.07) is 3.28. The second-order valence-electron chi connectivity index (χ2n) is 5.32. The average Bonchev–Trinajstić information content (AvgIpc) is 3.03. The molecule has 4 rings (SSSR count). The monoisotopic (exact) mass is 411 g/mol. The first-order valence-electron chi connectivity index (χ1n) is 7.40. The molecule has 0 spiro atoms. The number of pyridine rings is 1. The number of fused-ring (bicyclic) bond motifs is 3. The summed E-state index contributed by atoms with van der Waals surface area (Å²) in [5, 5.41) is 12.1. The average molecular weight is 412 g/mol. The number of benzene rings is 1. The van der Waals surface area contributed by atoms with E-state index in [0.717, 1.165) is 0 Å². The molecule has 0 bridgehead atoms. The predicted octanol–water partition coefficient (Wildman–Crippen LogP) is 3.96. The largest absolute Gasteiger partial charge is 0.493 e. The van der Waals surface area contributed by atoms with Crippen molar-refractivity contribution in [2.45, 2.75) is 0 Å². The third kappa shape index (κ3) is 3.49. The summed E-state index contributed by atoms with van der Waals surface area (Å²) >= 11 is 12.2. The number of carbonyl (C=O) groups is 1. The zero-order chi connectivity index (χ0) is 18.3. The van der Waals surface area contributed by atoms with Crippen molar-refractivity contribution in [1.29, 1.82) is 0 Å². The van der Waals surface area contributed by atoms with E-state index in [1.807, 2.05) is 0 Å². The number of hydrogen-bond donors (Lipinski definition) is 1. The maximum atomic E-state index is 12.9. The van der Waals surface area contributed by atoms with Gasteiger partial charge in [0.25, 0.3) is 5.91 Å². The summed E-state index contributed by atoms with van der Waals surface area (Å²) in [5.41, 5.74) is 1.56. The molecule has 27 heavy (non-hydrogen) atoms. The molecule has 1 radical (unpaired) electrons. The maximum absolute atomic E-state index is 12.9. The van der Waals surface area contributed by atoms with Crippen LogP contribution in [0.1, 0.15) is 10.4 Å². The fourth-order valence-corrected chi connectivity index (χ4v) is 3.14. The van der Waals surface area contributed by atoms with E-state index in [-0.39, 0.29) is 45.3 Å². The summed E-state index contributed by atoms with van der Waals surface area (Å²) < 4.78 is 11.1. The Balaban J connectivity index is 0.00000210. The van der Waals surface area contributed by atoms with Crippen molar-refractivity contribution in [2.75, 3.05) is 12.4 Å². The zero-order valence-corrected chi connectivity index (χ0v) is 17.8. The number of rotatable bonds is 3.